The molecule has 0 saturated carbocycles. The average Bonchev–Trinajstić information content (AvgIpc) is 2.57. The second kappa shape index (κ2) is 7.77. The van der Waals surface area contributed by atoms with Crippen molar-refractivity contribution in [3.05, 3.63) is 47.5 Å². The number of aromatic carboxylic acids is 1. The van der Waals surface area contributed by atoms with E-state index < -0.39 is 5.97 Å². The number of carboxylic acid groups (broad SMARTS) is 1. The number of hydrogen-bond donors (Lipinski definition) is 1. The summed E-state index contributed by atoms with van der Waals surface area (Å²) in [5.74, 6) is -1.33. The van der Waals surface area contributed by atoms with Crippen LogP contribution >= 0.6 is 0 Å². The first-order valence-electron chi connectivity index (χ1n) is 8.03. The topological polar surface area (TPSA) is 63.6 Å². The van der Waals surface area contributed by atoms with Crippen molar-refractivity contribution in [3.63, 3.8) is 0 Å². The third-order valence-electron chi connectivity index (χ3n) is 3.93. The molecule has 1 atom stereocenters. The Bertz CT molecular complexity index is 706. The minimum absolute atomic E-state index is 0.0662. The predicted octanol–water partition coefficient (Wildman–Crippen LogP) is 4.66. The van der Waals surface area contributed by atoms with Gasteiger partial charge >= 0.3 is 11.9 Å². The molecular formula is C19H22O4. The van der Waals surface area contributed by atoms with Crippen LogP contribution in [-0.2, 0) is 4.74 Å². The number of esters is 1. The highest BCUT2D eigenvalue weighted by molar-refractivity contribution is 5.98. The minimum Gasteiger partial charge on any atom is -0.478 e. The standard InChI is InChI=1S/C19H22O4/c1-3-5-6-17(4-2)23-19(22)15-10-8-13-7-9-14(18(20)21)11-16(13)12-15/h7-12,17H,3-6H2,1-2H3,(H,20,21). The Morgan fingerprint density at radius 2 is 1.70 bits per heavy atom. The maximum Gasteiger partial charge on any atom is 0.338 e. The maximum absolute atomic E-state index is 12.3. The first-order chi connectivity index (χ1) is 11.0. The van der Waals surface area contributed by atoms with Crippen molar-refractivity contribution in [1.29, 1.82) is 0 Å². The Morgan fingerprint density at radius 1 is 1.04 bits per heavy atom. The van der Waals surface area contributed by atoms with E-state index in [1.54, 1.807) is 30.3 Å². The quantitative estimate of drug-likeness (QED) is 0.755. The van der Waals surface area contributed by atoms with Crippen LogP contribution in [0.4, 0.5) is 0 Å². The van der Waals surface area contributed by atoms with E-state index in [2.05, 4.69) is 6.92 Å². The van der Waals surface area contributed by atoms with Gasteiger partial charge in [-0.2, -0.15) is 0 Å². The number of carbonyl (C=O) groups excluding carboxylic acids is 1. The van der Waals surface area contributed by atoms with Gasteiger partial charge in [0.2, 0.25) is 0 Å². The van der Waals surface area contributed by atoms with Crippen molar-refractivity contribution in [3.8, 4) is 0 Å². The second-order valence-electron chi connectivity index (χ2n) is 5.66. The van der Waals surface area contributed by atoms with Crippen LogP contribution in [0.1, 0.15) is 60.2 Å². The normalized spacial score (nSPS) is 12.1. The lowest BCUT2D eigenvalue weighted by Crippen LogP contribution is -2.17. The number of carbonyl (C=O) groups is 2. The predicted molar refractivity (Wildman–Crippen MR) is 89.9 cm³/mol. The van der Waals surface area contributed by atoms with Crippen LogP contribution in [0, 0.1) is 0 Å². The van der Waals surface area contributed by atoms with Crippen LogP contribution in [0.5, 0.6) is 0 Å². The molecule has 23 heavy (non-hydrogen) atoms. The van der Waals surface area contributed by atoms with Gasteiger partial charge in [-0.15, -0.1) is 0 Å². The third-order valence-corrected chi connectivity index (χ3v) is 3.93. The summed E-state index contributed by atoms with van der Waals surface area (Å²) in [6, 6.07) is 10.1. The number of benzene rings is 2. The lowest BCUT2D eigenvalue weighted by molar-refractivity contribution is 0.0268. The van der Waals surface area contributed by atoms with Gasteiger partial charge in [0.1, 0.15) is 6.10 Å². The number of ether oxygens (including phenoxy) is 1. The first kappa shape index (κ1) is 17.0. The van der Waals surface area contributed by atoms with Gasteiger partial charge in [0.15, 0.2) is 0 Å². The molecule has 0 heterocycles. The highest BCUT2D eigenvalue weighted by Crippen LogP contribution is 2.20. The van der Waals surface area contributed by atoms with Gasteiger partial charge in [-0.25, -0.2) is 9.59 Å². The van der Waals surface area contributed by atoms with E-state index in [1.165, 1.54) is 0 Å². The number of carboxylic acids is 1. The minimum atomic E-state index is -0.981. The number of hydrogen-bond acceptors (Lipinski definition) is 3. The molecule has 2 aromatic rings. The van der Waals surface area contributed by atoms with Gasteiger partial charge in [0, 0.05) is 0 Å². The van der Waals surface area contributed by atoms with Crippen LogP contribution in [0.15, 0.2) is 36.4 Å². The molecule has 0 radical (unpaired) electrons. The SMILES string of the molecule is CCCCC(CC)OC(=O)c1ccc2ccc(C(=O)O)cc2c1. The fraction of sp³-hybridized carbons (Fsp3) is 0.368. The van der Waals surface area contributed by atoms with Crippen LogP contribution in [0.3, 0.4) is 0 Å². The molecule has 0 spiro atoms. The molecule has 4 nitrogen and oxygen atoms in total. The molecule has 1 N–H and O–H groups in total. The summed E-state index contributed by atoms with van der Waals surface area (Å²) >= 11 is 0. The molecule has 0 aliphatic heterocycles. The maximum atomic E-state index is 12.3. The summed E-state index contributed by atoms with van der Waals surface area (Å²) in [4.78, 5) is 23.4. The molecular weight excluding hydrogens is 292 g/mol. The summed E-state index contributed by atoms with van der Waals surface area (Å²) in [6.07, 6.45) is 3.70. The average molecular weight is 314 g/mol. The van der Waals surface area contributed by atoms with Crippen molar-refractivity contribution in [1.82, 2.24) is 0 Å². The second-order valence-corrected chi connectivity index (χ2v) is 5.66. The van der Waals surface area contributed by atoms with Crippen molar-refractivity contribution in [2.45, 2.75) is 45.6 Å². The molecule has 1 unspecified atom stereocenters. The zero-order valence-corrected chi connectivity index (χ0v) is 13.5. The van der Waals surface area contributed by atoms with Crippen LogP contribution in [0.2, 0.25) is 0 Å². The van der Waals surface area contributed by atoms with E-state index in [0.29, 0.717) is 5.56 Å². The Labute approximate surface area is 136 Å². The molecule has 0 saturated heterocycles. The zero-order valence-electron chi connectivity index (χ0n) is 13.5. The molecule has 0 aliphatic carbocycles. The first-order valence-corrected chi connectivity index (χ1v) is 8.03. The van der Waals surface area contributed by atoms with E-state index in [0.717, 1.165) is 36.5 Å². The molecule has 0 aromatic heterocycles. The molecule has 0 bridgehead atoms. The summed E-state index contributed by atoms with van der Waals surface area (Å²) < 4.78 is 5.56. The van der Waals surface area contributed by atoms with Crippen molar-refractivity contribution < 1.29 is 19.4 Å². The molecule has 4 heteroatoms. The lowest BCUT2D eigenvalue weighted by atomic mass is 10.0. The van der Waals surface area contributed by atoms with Crippen LogP contribution in [0.25, 0.3) is 10.8 Å². The fourth-order valence-corrected chi connectivity index (χ4v) is 2.50. The van der Waals surface area contributed by atoms with E-state index in [4.69, 9.17) is 9.84 Å². The summed E-state index contributed by atoms with van der Waals surface area (Å²) in [7, 11) is 0. The largest absolute Gasteiger partial charge is 0.478 e. The van der Waals surface area contributed by atoms with Gasteiger partial charge < -0.3 is 9.84 Å². The molecule has 0 aliphatic rings. The zero-order chi connectivity index (χ0) is 16.8. The molecule has 2 aromatic carbocycles. The van der Waals surface area contributed by atoms with Gasteiger partial charge in [0.05, 0.1) is 11.1 Å². The van der Waals surface area contributed by atoms with Crippen LogP contribution in [-0.4, -0.2) is 23.1 Å². The molecule has 122 valence electrons. The Kier molecular flexibility index (Phi) is 5.74. The van der Waals surface area contributed by atoms with E-state index in [1.807, 2.05) is 13.0 Å². The van der Waals surface area contributed by atoms with Gasteiger partial charge in [-0.3, -0.25) is 0 Å². The Hall–Kier alpha value is -2.36. The number of rotatable bonds is 7. The monoisotopic (exact) mass is 314 g/mol. The van der Waals surface area contributed by atoms with Gasteiger partial charge in [-0.05, 0) is 47.9 Å². The summed E-state index contributed by atoms with van der Waals surface area (Å²) in [5.41, 5.74) is 0.660. The highest BCUT2D eigenvalue weighted by atomic mass is 16.5. The molecule has 0 amide bonds. The molecule has 0 fully saturated rings. The van der Waals surface area contributed by atoms with Crippen LogP contribution < -0.4 is 0 Å². The Balaban J connectivity index is 2.21. The van der Waals surface area contributed by atoms with E-state index >= 15 is 0 Å². The smallest absolute Gasteiger partial charge is 0.338 e. The summed E-state index contributed by atoms with van der Waals surface area (Å²) in [6.45, 7) is 4.12. The van der Waals surface area contributed by atoms with Crippen molar-refractivity contribution in [2.75, 3.05) is 0 Å². The highest BCUT2D eigenvalue weighted by Gasteiger charge is 2.15. The van der Waals surface area contributed by atoms with Gasteiger partial charge in [-0.1, -0.05) is 38.8 Å². The fourth-order valence-electron chi connectivity index (χ4n) is 2.50. The number of fused-ring (bicyclic) bond motifs is 1. The van der Waals surface area contributed by atoms with Crippen molar-refractivity contribution in [2.24, 2.45) is 0 Å². The number of unbranched alkanes of at least 4 members (excludes halogenated alkanes) is 1. The third kappa shape index (κ3) is 4.31. The van der Waals surface area contributed by atoms with Crippen molar-refractivity contribution >= 4 is 22.7 Å². The van der Waals surface area contributed by atoms with Gasteiger partial charge in [0.25, 0.3) is 0 Å². The Morgan fingerprint density at radius 3 is 2.30 bits per heavy atom. The molecule has 2 rings (SSSR count). The van der Waals surface area contributed by atoms with E-state index in [9.17, 15) is 9.59 Å². The summed E-state index contributed by atoms with van der Waals surface area (Å²) in [5, 5.41) is 10.7. The lowest BCUT2D eigenvalue weighted by Gasteiger charge is -2.16. The van der Waals surface area contributed by atoms with E-state index in [-0.39, 0.29) is 17.6 Å².